The third-order valence-corrected chi connectivity index (χ3v) is 3.30. The number of carbonyl (C=O) groups excluding carboxylic acids is 1. The lowest BCUT2D eigenvalue weighted by Gasteiger charge is -2.12. The van der Waals surface area contributed by atoms with Crippen molar-refractivity contribution in [3.63, 3.8) is 0 Å². The standard InChI is InChI=1S/C16H18FN3O3/c1-9-7-10(15(18)19-12(9)8-22-2)16(21)20-11-5-4-6-13(23-3)14(11)17/h4-7H,8H2,1-3H3,(H2,18,19)(H,20,21). The Balaban J connectivity index is 2.30. The second-order valence-corrected chi connectivity index (χ2v) is 4.89. The van der Waals surface area contributed by atoms with E-state index < -0.39 is 11.7 Å². The maximum atomic E-state index is 14.1. The Hall–Kier alpha value is -2.67. The summed E-state index contributed by atoms with van der Waals surface area (Å²) in [7, 11) is 2.90. The van der Waals surface area contributed by atoms with E-state index in [1.165, 1.54) is 19.2 Å². The van der Waals surface area contributed by atoms with Gasteiger partial charge in [0.25, 0.3) is 5.91 Å². The first kappa shape index (κ1) is 16.7. The summed E-state index contributed by atoms with van der Waals surface area (Å²) in [5, 5.41) is 2.48. The van der Waals surface area contributed by atoms with Gasteiger partial charge < -0.3 is 20.5 Å². The zero-order valence-electron chi connectivity index (χ0n) is 13.1. The molecular weight excluding hydrogens is 301 g/mol. The van der Waals surface area contributed by atoms with Gasteiger partial charge in [-0.05, 0) is 30.7 Å². The molecule has 0 radical (unpaired) electrons. The van der Waals surface area contributed by atoms with Crippen LogP contribution >= 0.6 is 0 Å². The van der Waals surface area contributed by atoms with Crippen LogP contribution in [-0.2, 0) is 11.3 Å². The van der Waals surface area contributed by atoms with Crippen LogP contribution in [0.1, 0.15) is 21.6 Å². The van der Waals surface area contributed by atoms with Gasteiger partial charge >= 0.3 is 0 Å². The molecule has 2 aromatic rings. The molecule has 6 nitrogen and oxygen atoms in total. The van der Waals surface area contributed by atoms with Gasteiger partial charge in [0.05, 0.1) is 30.7 Å². The predicted octanol–water partition coefficient (Wildman–Crippen LogP) is 2.52. The summed E-state index contributed by atoms with van der Waals surface area (Å²) in [6, 6.07) is 6.08. The van der Waals surface area contributed by atoms with Crippen LogP contribution in [-0.4, -0.2) is 25.1 Å². The summed E-state index contributed by atoms with van der Waals surface area (Å²) >= 11 is 0. The molecule has 7 heteroatoms. The van der Waals surface area contributed by atoms with E-state index in [2.05, 4.69) is 10.3 Å². The lowest BCUT2D eigenvalue weighted by atomic mass is 10.1. The molecule has 0 saturated carbocycles. The number of aromatic nitrogens is 1. The number of carbonyl (C=O) groups is 1. The number of hydrogen-bond donors (Lipinski definition) is 2. The minimum absolute atomic E-state index is 0.00683. The highest BCUT2D eigenvalue weighted by molar-refractivity contribution is 6.07. The van der Waals surface area contributed by atoms with Gasteiger partial charge in [-0.2, -0.15) is 0 Å². The van der Waals surface area contributed by atoms with E-state index in [9.17, 15) is 9.18 Å². The molecule has 3 N–H and O–H groups in total. The third-order valence-electron chi connectivity index (χ3n) is 3.30. The van der Waals surface area contributed by atoms with E-state index in [1.807, 2.05) is 0 Å². The number of amides is 1. The molecular formula is C16H18FN3O3. The van der Waals surface area contributed by atoms with Crippen LogP contribution in [0.15, 0.2) is 24.3 Å². The minimum atomic E-state index is -0.650. The van der Waals surface area contributed by atoms with Crippen molar-refractivity contribution < 1.29 is 18.7 Å². The first-order valence-electron chi connectivity index (χ1n) is 6.86. The van der Waals surface area contributed by atoms with Gasteiger partial charge in [-0.1, -0.05) is 6.07 Å². The van der Waals surface area contributed by atoms with Gasteiger partial charge in [0, 0.05) is 7.11 Å². The number of ether oxygens (including phenoxy) is 2. The van der Waals surface area contributed by atoms with Crippen molar-refractivity contribution >= 4 is 17.4 Å². The average molecular weight is 319 g/mol. The van der Waals surface area contributed by atoms with E-state index in [4.69, 9.17) is 15.2 Å². The van der Waals surface area contributed by atoms with Gasteiger partial charge in [-0.25, -0.2) is 9.37 Å². The van der Waals surface area contributed by atoms with Crippen molar-refractivity contribution in [2.75, 3.05) is 25.3 Å². The summed E-state index contributed by atoms with van der Waals surface area (Å²) in [5.74, 6) is -1.10. The Morgan fingerprint density at radius 1 is 1.39 bits per heavy atom. The Morgan fingerprint density at radius 2 is 2.13 bits per heavy atom. The van der Waals surface area contributed by atoms with E-state index in [-0.39, 0.29) is 22.8 Å². The van der Waals surface area contributed by atoms with E-state index in [0.717, 1.165) is 5.56 Å². The molecule has 0 aliphatic heterocycles. The zero-order chi connectivity index (χ0) is 17.0. The number of pyridine rings is 1. The van der Waals surface area contributed by atoms with Crippen LogP contribution < -0.4 is 15.8 Å². The van der Waals surface area contributed by atoms with Crippen LogP contribution in [0, 0.1) is 12.7 Å². The average Bonchev–Trinajstić information content (AvgIpc) is 2.52. The van der Waals surface area contributed by atoms with Crippen molar-refractivity contribution in [1.82, 2.24) is 4.98 Å². The molecule has 1 amide bonds. The third kappa shape index (κ3) is 3.57. The lowest BCUT2D eigenvalue weighted by Crippen LogP contribution is -2.17. The monoisotopic (exact) mass is 319 g/mol. The zero-order valence-corrected chi connectivity index (χ0v) is 13.1. The molecule has 0 fully saturated rings. The molecule has 0 atom stereocenters. The summed E-state index contributed by atoms with van der Waals surface area (Å²) < 4.78 is 24.0. The van der Waals surface area contributed by atoms with Crippen molar-refractivity contribution in [3.05, 3.63) is 46.9 Å². The molecule has 0 bridgehead atoms. The molecule has 1 aromatic heterocycles. The second-order valence-electron chi connectivity index (χ2n) is 4.89. The maximum Gasteiger partial charge on any atom is 0.259 e. The highest BCUT2D eigenvalue weighted by Gasteiger charge is 2.17. The van der Waals surface area contributed by atoms with Gasteiger partial charge in [0.2, 0.25) is 0 Å². The van der Waals surface area contributed by atoms with Crippen LogP contribution in [0.3, 0.4) is 0 Å². The summed E-state index contributed by atoms with van der Waals surface area (Å²) in [4.78, 5) is 16.5. The molecule has 2 rings (SSSR count). The van der Waals surface area contributed by atoms with Crippen LogP contribution in [0.25, 0.3) is 0 Å². The topological polar surface area (TPSA) is 86.5 Å². The first-order chi connectivity index (χ1) is 11.0. The molecule has 1 heterocycles. The number of nitrogens with two attached hydrogens (primary N) is 1. The summed E-state index contributed by atoms with van der Waals surface area (Å²) in [5.41, 5.74) is 7.41. The molecule has 1 aromatic carbocycles. The number of anilines is 2. The molecule has 23 heavy (non-hydrogen) atoms. The lowest BCUT2D eigenvalue weighted by molar-refractivity contribution is 0.102. The van der Waals surface area contributed by atoms with Crippen LogP contribution in [0.5, 0.6) is 5.75 Å². The normalized spacial score (nSPS) is 10.4. The number of hydrogen-bond acceptors (Lipinski definition) is 5. The number of aryl methyl sites for hydroxylation is 1. The highest BCUT2D eigenvalue weighted by Crippen LogP contribution is 2.25. The SMILES string of the molecule is COCc1nc(N)c(C(=O)Nc2cccc(OC)c2F)cc1C. The molecule has 0 unspecified atom stereocenters. The number of benzene rings is 1. The van der Waals surface area contributed by atoms with Gasteiger partial charge in [0.15, 0.2) is 11.6 Å². The first-order valence-corrected chi connectivity index (χ1v) is 6.86. The van der Waals surface area contributed by atoms with E-state index >= 15 is 0 Å². The van der Waals surface area contributed by atoms with Gasteiger partial charge in [-0.15, -0.1) is 0 Å². The van der Waals surface area contributed by atoms with E-state index in [1.54, 1.807) is 26.2 Å². The number of nitrogen functional groups attached to an aromatic ring is 1. The highest BCUT2D eigenvalue weighted by atomic mass is 19.1. The van der Waals surface area contributed by atoms with Gasteiger partial charge in [-0.3, -0.25) is 4.79 Å². The minimum Gasteiger partial charge on any atom is -0.494 e. The van der Waals surface area contributed by atoms with Crippen LogP contribution in [0.2, 0.25) is 0 Å². The summed E-state index contributed by atoms with van der Waals surface area (Å²) in [6.07, 6.45) is 0. The van der Waals surface area contributed by atoms with Crippen LogP contribution in [0.4, 0.5) is 15.9 Å². The van der Waals surface area contributed by atoms with Crippen molar-refractivity contribution in [1.29, 1.82) is 0 Å². The number of nitrogens with zero attached hydrogens (tertiary/aromatic N) is 1. The van der Waals surface area contributed by atoms with Crippen molar-refractivity contribution in [3.8, 4) is 5.75 Å². The Morgan fingerprint density at radius 3 is 2.78 bits per heavy atom. The largest absolute Gasteiger partial charge is 0.494 e. The number of rotatable bonds is 5. The second kappa shape index (κ2) is 7.06. The maximum absolute atomic E-state index is 14.1. The molecule has 0 saturated heterocycles. The Bertz CT molecular complexity index is 735. The predicted molar refractivity (Wildman–Crippen MR) is 85.0 cm³/mol. The van der Waals surface area contributed by atoms with Crippen molar-refractivity contribution in [2.24, 2.45) is 0 Å². The fraction of sp³-hybridized carbons (Fsp3) is 0.250. The van der Waals surface area contributed by atoms with Gasteiger partial charge in [0.1, 0.15) is 5.82 Å². The quantitative estimate of drug-likeness (QED) is 0.884. The fourth-order valence-corrected chi connectivity index (χ4v) is 2.09. The Kier molecular flexibility index (Phi) is 5.13. The van der Waals surface area contributed by atoms with E-state index in [0.29, 0.717) is 12.3 Å². The molecule has 0 spiro atoms. The molecule has 0 aliphatic rings. The smallest absolute Gasteiger partial charge is 0.259 e. The molecule has 0 aliphatic carbocycles. The number of methoxy groups -OCH3 is 2. The fourth-order valence-electron chi connectivity index (χ4n) is 2.09. The number of nitrogens with one attached hydrogen (secondary N) is 1. The molecule has 122 valence electrons. The Labute approximate surface area is 133 Å². The number of halogens is 1. The van der Waals surface area contributed by atoms with Crippen molar-refractivity contribution in [2.45, 2.75) is 13.5 Å². The summed E-state index contributed by atoms with van der Waals surface area (Å²) in [6.45, 7) is 2.09.